The average Bonchev–Trinajstić information content (AvgIpc) is 2.68. The van der Waals surface area contributed by atoms with Crippen LogP contribution in [-0.4, -0.2) is 54.9 Å². The van der Waals surface area contributed by atoms with E-state index >= 15 is 0 Å². The predicted molar refractivity (Wildman–Crippen MR) is 109 cm³/mol. The van der Waals surface area contributed by atoms with Crippen molar-refractivity contribution in [2.45, 2.75) is 19.1 Å². The van der Waals surface area contributed by atoms with Crippen LogP contribution in [0.2, 0.25) is 5.02 Å². The summed E-state index contributed by atoms with van der Waals surface area (Å²) in [6, 6.07) is 14.7. The van der Waals surface area contributed by atoms with Crippen LogP contribution < -0.4 is 10.1 Å². The van der Waals surface area contributed by atoms with Crippen molar-refractivity contribution in [2.75, 3.05) is 38.2 Å². The van der Waals surface area contributed by atoms with Crippen molar-refractivity contribution in [3.63, 3.8) is 0 Å². The van der Waals surface area contributed by atoms with Gasteiger partial charge in [-0.15, -0.1) is 0 Å². The topological polar surface area (TPSA) is 71.0 Å². The van der Waals surface area contributed by atoms with Crippen LogP contribution >= 0.6 is 11.6 Å². The second kappa shape index (κ2) is 9.89. The van der Waals surface area contributed by atoms with Crippen LogP contribution in [0.5, 0.6) is 5.75 Å². The third kappa shape index (κ3) is 6.21. The molecule has 0 bridgehead atoms. The van der Waals surface area contributed by atoms with E-state index in [1.54, 1.807) is 24.3 Å². The molecule has 0 unspecified atom stereocenters. The molecule has 2 atom stereocenters. The van der Waals surface area contributed by atoms with Gasteiger partial charge >= 0.3 is 0 Å². The summed E-state index contributed by atoms with van der Waals surface area (Å²) in [7, 11) is 0. The molecule has 0 aromatic heterocycles. The van der Waals surface area contributed by atoms with Gasteiger partial charge in [0, 0.05) is 37.3 Å². The maximum atomic E-state index is 11.0. The number of carbonyl (C=O) groups is 1. The number of rotatable bonds is 7. The van der Waals surface area contributed by atoms with Gasteiger partial charge < -0.3 is 19.9 Å². The Morgan fingerprint density at radius 1 is 1.29 bits per heavy atom. The van der Waals surface area contributed by atoms with E-state index in [0.29, 0.717) is 36.2 Å². The minimum Gasteiger partial charge on any atom is -0.491 e. The van der Waals surface area contributed by atoms with Gasteiger partial charge in [0.25, 0.3) is 0 Å². The molecule has 7 heteroatoms. The summed E-state index contributed by atoms with van der Waals surface area (Å²) in [6.45, 7) is 4.27. The number of hydrogen-bond donors (Lipinski definition) is 2. The van der Waals surface area contributed by atoms with Gasteiger partial charge in [0.15, 0.2) is 0 Å². The maximum Gasteiger partial charge on any atom is 0.221 e. The number of β-amino-alcohol motifs (C(OH)–C–C–N with tert-alkyl or cyclic N) is 1. The Bertz CT molecular complexity index is 767. The molecule has 1 amide bonds. The van der Waals surface area contributed by atoms with Gasteiger partial charge in [-0.2, -0.15) is 0 Å². The Kier molecular flexibility index (Phi) is 7.28. The molecule has 28 heavy (non-hydrogen) atoms. The third-order valence-corrected chi connectivity index (χ3v) is 4.73. The smallest absolute Gasteiger partial charge is 0.221 e. The van der Waals surface area contributed by atoms with E-state index in [-0.39, 0.29) is 18.6 Å². The molecule has 1 saturated heterocycles. The van der Waals surface area contributed by atoms with Crippen molar-refractivity contribution < 1.29 is 19.4 Å². The lowest BCUT2D eigenvalue weighted by Gasteiger charge is -2.34. The minimum atomic E-state index is -0.612. The molecule has 1 heterocycles. The van der Waals surface area contributed by atoms with Gasteiger partial charge in [-0.1, -0.05) is 23.7 Å². The predicted octanol–water partition coefficient (Wildman–Crippen LogP) is 3.11. The Labute approximate surface area is 170 Å². The number of nitrogens with one attached hydrogen (secondary N) is 1. The van der Waals surface area contributed by atoms with Crippen LogP contribution in [0.3, 0.4) is 0 Å². The number of hydrogen-bond acceptors (Lipinski definition) is 5. The summed E-state index contributed by atoms with van der Waals surface area (Å²) in [5.41, 5.74) is 1.79. The number of ether oxygens (including phenoxy) is 2. The molecular weight excluding hydrogens is 380 g/mol. The molecule has 1 aliphatic heterocycles. The first-order valence-corrected chi connectivity index (χ1v) is 9.65. The van der Waals surface area contributed by atoms with Crippen LogP contribution in [0.1, 0.15) is 18.6 Å². The molecule has 6 nitrogen and oxygen atoms in total. The van der Waals surface area contributed by atoms with E-state index in [0.717, 1.165) is 12.1 Å². The van der Waals surface area contributed by atoms with Crippen LogP contribution in [0.4, 0.5) is 5.69 Å². The fraction of sp³-hybridized carbons (Fsp3) is 0.381. The molecule has 2 N–H and O–H groups in total. The number of aliphatic hydroxyl groups is 1. The summed E-state index contributed by atoms with van der Waals surface area (Å²) in [4.78, 5) is 13.2. The SMILES string of the molecule is CC(=O)Nc1ccc(OC[C@@H](O)CN2CCO[C@H](c3ccc(Cl)cc3)C2)cc1. The van der Waals surface area contributed by atoms with Crippen LogP contribution in [0.25, 0.3) is 0 Å². The number of carbonyl (C=O) groups excluding carboxylic acids is 1. The van der Waals surface area contributed by atoms with E-state index in [2.05, 4.69) is 10.2 Å². The van der Waals surface area contributed by atoms with Crippen molar-refractivity contribution in [1.82, 2.24) is 4.90 Å². The first-order chi connectivity index (χ1) is 13.5. The van der Waals surface area contributed by atoms with E-state index < -0.39 is 6.10 Å². The summed E-state index contributed by atoms with van der Waals surface area (Å²) >= 11 is 5.95. The lowest BCUT2D eigenvalue weighted by molar-refractivity contribution is -0.114. The Morgan fingerprint density at radius 3 is 2.68 bits per heavy atom. The number of morpholine rings is 1. The molecule has 0 aliphatic carbocycles. The van der Waals surface area contributed by atoms with Crippen molar-refractivity contribution >= 4 is 23.2 Å². The van der Waals surface area contributed by atoms with Gasteiger partial charge in [0.05, 0.1) is 12.7 Å². The number of amides is 1. The highest BCUT2D eigenvalue weighted by Gasteiger charge is 2.23. The zero-order valence-corrected chi connectivity index (χ0v) is 16.6. The molecular formula is C21H25ClN2O4. The number of nitrogens with zero attached hydrogens (tertiary/aromatic N) is 1. The standard InChI is InChI=1S/C21H25ClN2O4/c1-15(25)23-18-6-8-20(9-7-18)28-14-19(26)12-24-10-11-27-21(13-24)16-2-4-17(22)5-3-16/h2-9,19,21,26H,10-14H2,1H3,(H,23,25)/t19-,21-/m0/s1. The van der Waals surface area contributed by atoms with Gasteiger partial charge in [-0.25, -0.2) is 0 Å². The second-order valence-corrected chi connectivity index (χ2v) is 7.28. The zero-order chi connectivity index (χ0) is 19.9. The quantitative estimate of drug-likeness (QED) is 0.742. The highest BCUT2D eigenvalue weighted by atomic mass is 35.5. The lowest BCUT2D eigenvalue weighted by atomic mass is 10.1. The highest BCUT2D eigenvalue weighted by molar-refractivity contribution is 6.30. The Balaban J connectivity index is 1.45. The normalized spacial score (nSPS) is 18.5. The van der Waals surface area contributed by atoms with Crippen molar-refractivity contribution in [2.24, 2.45) is 0 Å². The molecule has 0 saturated carbocycles. The Morgan fingerprint density at radius 2 is 2.00 bits per heavy atom. The van der Waals surface area contributed by atoms with Crippen LogP contribution in [0.15, 0.2) is 48.5 Å². The third-order valence-electron chi connectivity index (χ3n) is 4.48. The van der Waals surface area contributed by atoms with Crippen molar-refractivity contribution in [1.29, 1.82) is 0 Å². The summed E-state index contributed by atoms with van der Waals surface area (Å²) < 4.78 is 11.5. The van der Waals surface area contributed by atoms with Crippen LogP contribution in [-0.2, 0) is 9.53 Å². The monoisotopic (exact) mass is 404 g/mol. The van der Waals surface area contributed by atoms with E-state index in [1.165, 1.54) is 6.92 Å². The molecule has 1 aliphatic rings. The highest BCUT2D eigenvalue weighted by Crippen LogP contribution is 2.24. The summed E-state index contributed by atoms with van der Waals surface area (Å²) in [6.07, 6.45) is -0.639. The van der Waals surface area contributed by atoms with Crippen molar-refractivity contribution in [3.8, 4) is 5.75 Å². The van der Waals surface area contributed by atoms with Gasteiger partial charge in [0.1, 0.15) is 18.5 Å². The fourth-order valence-electron chi connectivity index (χ4n) is 3.13. The molecule has 2 aromatic carbocycles. The molecule has 3 rings (SSSR count). The Hall–Kier alpha value is -2.12. The maximum absolute atomic E-state index is 11.0. The largest absolute Gasteiger partial charge is 0.491 e. The van der Waals surface area contributed by atoms with Crippen molar-refractivity contribution in [3.05, 3.63) is 59.1 Å². The molecule has 0 radical (unpaired) electrons. The number of anilines is 1. The fourth-order valence-corrected chi connectivity index (χ4v) is 3.25. The van der Waals surface area contributed by atoms with Crippen LogP contribution in [0, 0.1) is 0 Å². The first kappa shape index (κ1) is 20.6. The average molecular weight is 405 g/mol. The summed E-state index contributed by atoms with van der Waals surface area (Å²) in [5.74, 6) is 0.528. The van der Waals surface area contributed by atoms with E-state index in [9.17, 15) is 9.90 Å². The van der Waals surface area contributed by atoms with E-state index in [1.807, 2.05) is 24.3 Å². The van der Waals surface area contributed by atoms with Gasteiger partial charge in [0.2, 0.25) is 5.91 Å². The molecule has 1 fully saturated rings. The minimum absolute atomic E-state index is 0.0274. The first-order valence-electron chi connectivity index (χ1n) is 9.27. The molecule has 150 valence electrons. The molecule has 2 aromatic rings. The summed E-state index contributed by atoms with van der Waals surface area (Å²) in [5, 5.41) is 13.8. The number of halogens is 1. The second-order valence-electron chi connectivity index (χ2n) is 6.84. The van der Waals surface area contributed by atoms with Gasteiger partial charge in [-0.3, -0.25) is 9.69 Å². The molecule has 0 spiro atoms. The van der Waals surface area contributed by atoms with Gasteiger partial charge in [-0.05, 0) is 42.0 Å². The lowest BCUT2D eigenvalue weighted by Crippen LogP contribution is -2.43. The van der Waals surface area contributed by atoms with E-state index in [4.69, 9.17) is 21.1 Å². The number of benzene rings is 2. The zero-order valence-electron chi connectivity index (χ0n) is 15.8. The number of aliphatic hydroxyl groups excluding tert-OH is 1.